The Bertz CT molecular complexity index is 915. The number of halogens is 1. The Morgan fingerprint density at radius 1 is 0.879 bits per heavy atom. The fourth-order valence-electron chi connectivity index (χ4n) is 3.11. The molecule has 0 spiro atoms. The largest absolute Gasteiger partial charge is 0.473 e. The van der Waals surface area contributed by atoms with E-state index in [-0.39, 0.29) is 5.91 Å². The number of aliphatic carboxylic acids is 2. The van der Waals surface area contributed by atoms with Crippen molar-refractivity contribution < 1.29 is 24.6 Å². The van der Waals surface area contributed by atoms with Crippen LogP contribution in [0.4, 0.5) is 5.69 Å². The third-order valence-electron chi connectivity index (χ3n) is 4.90. The third-order valence-corrected chi connectivity index (χ3v) is 5.43. The van der Waals surface area contributed by atoms with Crippen molar-refractivity contribution in [1.82, 2.24) is 9.80 Å². The zero-order chi connectivity index (χ0) is 24.1. The Kier molecular flexibility index (Phi) is 11.3. The number of carbonyl (C=O) groups is 3. The standard InChI is InChI=1S/C22H26BrN3O.C2H2O4/c23-20-8-10-21(11-9-20)24-22(27)12-14-26-17-15-25(16-18-26)13-4-7-19-5-2-1-3-6-19;3-1(4)2(5)6/h1-11H,12-18H2,(H,24,27);(H,3,4)(H,5,6). The Hall–Kier alpha value is -3.01. The van der Waals surface area contributed by atoms with Crippen LogP contribution < -0.4 is 5.32 Å². The van der Waals surface area contributed by atoms with Gasteiger partial charge in [0.2, 0.25) is 5.91 Å². The number of hydrogen-bond donors (Lipinski definition) is 3. The van der Waals surface area contributed by atoms with E-state index in [0.29, 0.717) is 6.42 Å². The van der Waals surface area contributed by atoms with Crippen LogP contribution >= 0.6 is 15.9 Å². The monoisotopic (exact) mass is 517 g/mol. The number of carboxylic acid groups (broad SMARTS) is 2. The molecule has 1 heterocycles. The van der Waals surface area contributed by atoms with E-state index in [1.54, 1.807) is 0 Å². The summed E-state index contributed by atoms with van der Waals surface area (Å²) in [6.45, 7) is 5.93. The molecule has 2 aromatic rings. The Labute approximate surface area is 201 Å². The Morgan fingerprint density at radius 2 is 1.45 bits per heavy atom. The van der Waals surface area contributed by atoms with Gasteiger partial charge >= 0.3 is 11.9 Å². The predicted octanol–water partition coefficient (Wildman–Crippen LogP) is 3.26. The second kappa shape index (κ2) is 14.2. The van der Waals surface area contributed by atoms with Crippen LogP contribution in [0.3, 0.4) is 0 Å². The number of hydrogen-bond acceptors (Lipinski definition) is 5. The van der Waals surface area contributed by atoms with Crippen LogP contribution in [0.1, 0.15) is 12.0 Å². The normalized spacial score (nSPS) is 14.3. The summed E-state index contributed by atoms with van der Waals surface area (Å²) in [4.78, 5) is 35.1. The van der Waals surface area contributed by atoms with Gasteiger partial charge in [-0.25, -0.2) is 9.59 Å². The van der Waals surface area contributed by atoms with Gasteiger partial charge in [-0.3, -0.25) is 9.69 Å². The fourth-order valence-corrected chi connectivity index (χ4v) is 3.38. The summed E-state index contributed by atoms with van der Waals surface area (Å²) in [7, 11) is 0. The van der Waals surface area contributed by atoms with Crippen molar-refractivity contribution >= 4 is 45.5 Å². The molecule has 1 aliphatic heterocycles. The zero-order valence-electron chi connectivity index (χ0n) is 18.2. The van der Waals surface area contributed by atoms with E-state index in [1.165, 1.54) is 5.56 Å². The second-order valence-electron chi connectivity index (χ2n) is 7.37. The first kappa shape index (κ1) is 26.2. The lowest BCUT2D eigenvalue weighted by atomic mass is 10.2. The highest BCUT2D eigenvalue weighted by atomic mass is 79.9. The van der Waals surface area contributed by atoms with Gasteiger partial charge in [-0.2, -0.15) is 0 Å². The maximum absolute atomic E-state index is 12.1. The van der Waals surface area contributed by atoms with Crippen LogP contribution in [0.2, 0.25) is 0 Å². The van der Waals surface area contributed by atoms with Gasteiger partial charge < -0.3 is 20.4 Å². The van der Waals surface area contributed by atoms with Gasteiger partial charge in [-0.15, -0.1) is 0 Å². The summed E-state index contributed by atoms with van der Waals surface area (Å²) in [5.74, 6) is -3.57. The molecule has 1 saturated heterocycles. The van der Waals surface area contributed by atoms with Gasteiger partial charge in [0.15, 0.2) is 0 Å². The number of nitrogens with zero attached hydrogens (tertiary/aromatic N) is 2. The number of nitrogens with one attached hydrogen (secondary N) is 1. The summed E-state index contributed by atoms with van der Waals surface area (Å²) in [5.41, 5.74) is 2.09. The second-order valence-corrected chi connectivity index (χ2v) is 8.29. The molecule has 9 heteroatoms. The molecule has 1 aliphatic rings. The molecule has 0 aliphatic carbocycles. The van der Waals surface area contributed by atoms with Gasteiger partial charge in [0, 0.05) is 55.8 Å². The lowest BCUT2D eigenvalue weighted by Crippen LogP contribution is -2.46. The van der Waals surface area contributed by atoms with Crippen molar-refractivity contribution in [2.24, 2.45) is 0 Å². The molecule has 0 aromatic heterocycles. The molecule has 1 fully saturated rings. The molecule has 8 nitrogen and oxygen atoms in total. The minimum atomic E-state index is -1.82. The molecule has 0 atom stereocenters. The van der Waals surface area contributed by atoms with E-state index in [2.05, 4.69) is 67.5 Å². The van der Waals surface area contributed by atoms with E-state index in [0.717, 1.165) is 49.4 Å². The van der Waals surface area contributed by atoms with E-state index < -0.39 is 11.9 Å². The van der Waals surface area contributed by atoms with Crippen molar-refractivity contribution in [3.05, 3.63) is 70.7 Å². The quantitative estimate of drug-likeness (QED) is 0.483. The van der Waals surface area contributed by atoms with Gasteiger partial charge in [0.25, 0.3) is 0 Å². The lowest BCUT2D eigenvalue weighted by molar-refractivity contribution is -0.159. The van der Waals surface area contributed by atoms with Crippen molar-refractivity contribution in [1.29, 1.82) is 0 Å². The van der Waals surface area contributed by atoms with Gasteiger partial charge in [0.1, 0.15) is 0 Å². The van der Waals surface area contributed by atoms with Crippen LogP contribution in [0.15, 0.2) is 65.1 Å². The van der Waals surface area contributed by atoms with E-state index in [4.69, 9.17) is 19.8 Å². The number of piperazine rings is 1. The molecule has 0 radical (unpaired) electrons. The minimum absolute atomic E-state index is 0.0746. The summed E-state index contributed by atoms with van der Waals surface area (Å²) in [6, 6.07) is 18.1. The van der Waals surface area contributed by atoms with Gasteiger partial charge in [-0.05, 0) is 29.8 Å². The van der Waals surface area contributed by atoms with Crippen molar-refractivity contribution in [3.63, 3.8) is 0 Å². The first-order valence-electron chi connectivity index (χ1n) is 10.5. The molecule has 0 saturated carbocycles. The average Bonchev–Trinajstić information content (AvgIpc) is 2.81. The summed E-state index contributed by atoms with van der Waals surface area (Å²) in [5, 5.41) is 17.7. The van der Waals surface area contributed by atoms with E-state index >= 15 is 0 Å². The summed E-state index contributed by atoms with van der Waals surface area (Å²) in [6.07, 6.45) is 4.94. The lowest BCUT2D eigenvalue weighted by Gasteiger charge is -2.34. The number of amides is 1. The highest BCUT2D eigenvalue weighted by molar-refractivity contribution is 9.10. The number of anilines is 1. The summed E-state index contributed by atoms with van der Waals surface area (Å²) >= 11 is 3.40. The van der Waals surface area contributed by atoms with Crippen LogP contribution in [0.25, 0.3) is 6.08 Å². The molecule has 3 N–H and O–H groups in total. The molecule has 0 bridgehead atoms. The van der Waals surface area contributed by atoms with Crippen LogP contribution in [-0.4, -0.2) is 77.1 Å². The van der Waals surface area contributed by atoms with Crippen molar-refractivity contribution in [3.8, 4) is 0 Å². The maximum atomic E-state index is 12.1. The molecule has 2 aromatic carbocycles. The molecule has 3 rings (SSSR count). The highest BCUT2D eigenvalue weighted by Crippen LogP contribution is 2.14. The van der Waals surface area contributed by atoms with Crippen LogP contribution in [0, 0.1) is 0 Å². The molecule has 176 valence electrons. The maximum Gasteiger partial charge on any atom is 0.414 e. The molecule has 1 amide bonds. The molecular weight excluding hydrogens is 490 g/mol. The smallest absolute Gasteiger partial charge is 0.414 e. The molecule has 0 unspecified atom stereocenters. The number of carboxylic acids is 2. The fraction of sp³-hybridized carbons (Fsp3) is 0.292. The number of rotatable bonds is 7. The van der Waals surface area contributed by atoms with Crippen molar-refractivity contribution in [2.75, 3.05) is 44.6 Å². The van der Waals surface area contributed by atoms with Crippen LogP contribution in [0.5, 0.6) is 0 Å². The van der Waals surface area contributed by atoms with E-state index in [9.17, 15) is 4.79 Å². The summed E-state index contributed by atoms with van der Waals surface area (Å²) < 4.78 is 1.01. The topological polar surface area (TPSA) is 110 Å². The third kappa shape index (κ3) is 10.9. The molecular formula is C24H28BrN3O5. The minimum Gasteiger partial charge on any atom is -0.473 e. The highest BCUT2D eigenvalue weighted by Gasteiger charge is 2.16. The van der Waals surface area contributed by atoms with Gasteiger partial charge in [-0.1, -0.05) is 58.4 Å². The number of benzene rings is 2. The first-order chi connectivity index (χ1) is 15.8. The average molecular weight is 518 g/mol. The van der Waals surface area contributed by atoms with Crippen LogP contribution in [-0.2, 0) is 14.4 Å². The molecule has 33 heavy (non-hydrogen) atoms. The zero-order valence-corrected chi connectivity index (χ0v) is 19.8. The number of carbonyl (C=O) groups excluding carboxylic acids is 1. The Balaban J connectivity index is 0.000000569. The SMILES string of the molecule is O=C(CCN1CCN(CC=Cc2ccccc2)CC1)Nc1ccc(Br)cc1.O=C(O)C(=O)O. The Morgan fingerprint density at radius 3 is 2.03 bits per heavy atom. The first-order valence-corrected chi connectivity index (χ1v) is 11.3. The van der Waals surface area contributed by atoms with E-state index in [1.807, 2.05) is 30.3 Å². The van der Waals surface area contributed by atoms with Gasteiger partial charge in [0.05, 0.1) is 0 Å². The van der Waals surface area contributed by atoms with Crippen molar-refractivity contribution in [2.45, 2.75) is 6.42 Å². The predicted molar refractivity (Wildman–Crippen MR) is 131 cm³/mol.